The molecule has 2 amide bonds. The molecule has 8 nitrogen and oxygen atoms in total. The third-order valence-electron chi connectivity index (χ3n) is 7.86. The van der Waals surface area contributed by atoms with Gasteiger partial charge in [0, 0.05) is 24.0 Å². The van der Waals surface area contributed by atoms with E-state index < -0.39 is 28.5 Å². The quantitative estimate of drug-likeness (QED) is 0.127. The van der Waals surface area contributed by atoms with Crippen molar-refractivity contribution in [3.63, 3.8) is 0 Å². The number of para-hydroxylation sites is 1. The van der Waals surface area contributed by atoms with Gasteiger partial charge in [-0.15, -0.1) is 0 Å². The van der Waals surface area contributed by atoms with Crippen molar-refractivity contribution >= 4 is 43.5 Å². The Kier molecular flexibility index (Phi) is 11.9. The Morgan fingerprint density at radius 2 is 1.39 bits per heavy atom. The topological polar surface area (TPSA) is 96.0 Å². The maximum absolute atomic E-state index is 14.6. The molecular formula is C39H38BrN3O5S. The van der Waals surface area contributed by atoms with Gasteiger partial charge in [0.05, 0.1) is 10.6 Å². The summed E-state index contributed by atoms with van der Waals surface area (Å²) in [6.45, 7) is 3.59. The molecule has 0 bridgehead atoms. The zero-order valence-electron chi connectivity index (χ0n) is 27.3. The van der Waals surface area contributed by atoms with Crippen LogP contribution >= 0.6 is 15.9 Å². The van der Waals surface area contributed by atoms with Crippen molar-refractivity contribution in [1.29, 1.82) is 0 Å². The van der Waals surface area contributed by atoms with Crippen LogP contribution in [0, 0.1) is 6.92 Å². The molecule has 0 saturated heterocycles. The minimum atomic E-state index is -4.23. The molecule has 49 heavy (non-hydrogen) atoms. The first-order valence-electron chi connectivity index (χ1n) is 15.9. The molecule has 0 aliphatic rings. The van der Waals surface area contributed by atoms with E-state index in [1.54, 1.807) is 36.4 Å². The van der Waals surface area contributed by atoms with E-state index in [0.717, 1.165) is 25.5 Å². The Hall–Kier alpha value is -4.93. The SMILES string of the molecule is CCNC(=O)C(Cc1ccccc1)N(Cc1cccc(Br)c1)C(=O)CN(c1ccc(Oc2ccccc2)cc1)S(=O)(=O)c1ccc(C)cc1. The van der Waals surface area contributed by atoms with E-state index in [4.69, 9.17) is 4.74 Å². The number of hydrogen-bond acceptors (Lipinski definition) is 5. The van der Waals surface area contributed by atoms with E-state index in [-0.39, 0.29) is 29.5 Å². The molecule has 0 fully saturated rings. The summed E-state index contributed by atoms with van der Waals surface area (Å²) in [6, 6.07) is 38.3. The molecule has 0 heterocycles. The van der Waals surface area contributed by atoms with Crippen LogP contribution in [0.4, 0.5) is 5.69 Å². The summed E-state index contributed by atoms with van der Waals surface area (Å²) in [5, 5.41) is 2.88. The van der Waals surface area contributed by atoms with Crippen molar-refractivity contribution in [2.75, 3.05) is 17.4 Å². The number of anilines is 1. The van der Waals surface area contributed by atoms with Crippen LogP contribution in [0.25, 0.3) is 0 Å². The van der Waals surface area contributed by atoms with Crippen molar-refractivity contribution < 1.29 is 22.7 Å². The van der Waals surface area contributed by atoms with Gasteiger partial charge in [-0.3, -0.25) is 13.9 Å². The van der Waals surface area contributed by atoms with E-state index in [1.165, 1.54) is 17.0 Å². The second kappa shape index (κ2) is 16.5. The highest BCUT2D eigenvalue weighted by Crippen LogP contribution is 2.29. The maximum atomic E-state index is 14.6. The molecule has 5 rings (SSSR count). The lowest BCUT2D eigenvalue weighted by Crippen LogP contribution is -2.53. The summed E-state index contributed by atoms with van der Waals surface area (Å²) in [5.41, 5.74) is 2.81. The smallest absolute Gasteiger partial charge is 0.264 e. The van der Waals surface area contributed by atoms with Gasteiger partial charge in [0.2, 0.25) is 11.8 Å². The van der Waals surface area contributed by atoms with E-state index in [1.807, 2.05) is 98.8 Å². The van der Waals surface area contributed by atoms with Crippen molar-refractivity contribution in [3.8, 4) is 11.5 Å². The number of likely N-dealkylation sites (N-methyl/N-ethyl adjacent to an activating group) is 1. The fraction of sp³-hybridized carbons (Fsp3) is 0.179. The van der Waals surface area contributed by atoms with Gasteiger partial charge < -0.3 is 15.0 Å². The lowest BCUT2D eigenvalue weighted by Gasteiger charge is -2.34. The van der Waals surface area contributed by atoms with E-state index in [9.17, 15) is 18.0 Å². The molecule has 252 valence electrons. The number of carbonyl (C=O) groups is 2. The van der Waals surface area contributed by atoms with Gasteiger partial charge in [0.1, 0.15) is 24.1 Å². The standard InChI is InChI=1S/C39H38BrN3O5S/c1-3-41-39(45)37(26-30-11-6-4-7-12-30)42(27-31-13-10-14-32(40)25-31)38(44)28-43(49(46,47)36-23-17-29(2)18-24-36)33-19-21-35(22-20-33)48-34-15-8-5-9-16-34/h4-25,37H,3,26-28H2,1-2H3,(H,41,45). The Morgan fingerprint density at radius 3 is 2.02 bits per heavy atom. The second-order valence-electron chi connectivity index (χ2n) is 11.5. The highest BCUT2D eigenvalue weighted by molar-refractivity contribution is 9.10. The number of nitrogens with zero attached hydrogens (tertiary/aromatic N) is 2. The summed E-state index contributed by atoms with van der Waals surface area (Å²) < 4.78 is 36.5. The fourth-order valence-corrected chi connectivity index (χ4v) is 7.21. The van der Waals surface area contributed by atoms with Crippen LogP contribution in [0.3, 0.4) is 0 Å². The zero-order chi connectivity index (χ0) is 34.8. The summed E-state index contributed by atoms with van der Waals surface area (Å²) in [7, 11) is -4.23. The monoisotopic (exact) mass is 739 g/mol. The van der Waals surface area contributed by atoms with Crippen molar-refractivity contribution in [2.24, 2.45) is 0 Å². The molecule has 10 heteroatoms. The van der Waals surface area contributed by atoms with Crippen LogP contribution in [0.15, 0.2) is 143 Å². The van der Waals surface area contributed by atoms with E-state index in [2.05, 4.69) is 21.2 Å². The Morgan fingerprint density at radius 1 is 0.776 bits per heavy atom. The van der Waals surface area contributed by atoms with Gasteiger partial charge in [0.25, 0.3) is 10.0 Å². The minimum absolute atomic E-state index is 0.0404. The summed E-state index contributed by atoms with van der Waals surface area (Å²) in [4.78, 5) is 29.8. The second-order valence-corrected chi connectivity index (χ2v) is 14.3. The van der Waals surface area contributed by atoms with Gasteiger partial charge in [-0.05, 0) is 85.6 Å². The van der Waals surface area contributed by atoms with Crippen molar-refractivity contribution in [2.45, 2.75) is 37.8 Å². The van der Waals surface area contributed by atoms with Crippen LogP contribution in [0.1, 0.15) is 23.6 Å². The van der Waals surface area contributed by atoms with Crippen molar-refractivity contribution in [1.82, 2.24) is 10.2 Å². The Bertz CT molecular complexity index is 1960. The number of benzene rings is 5. The summed E-state index contributed by atoms with van der Waals surface area (Å²) in [5.74, 6) is 0.273. The Labute approximate surface area is 296 Å². The lowest BCUT2D eigenvalue weighted by molar-refractivity contribution is -0.140. The van der Waals surface area contributed by atoms with E-state index in [0.29, 0.717) is 18.0 Å². The third kappa shape index (κ3) is 9.37. The van der Waals surface area contributed by atoms with Crippen LogP contribution in [-0.2, 0) is 32.6 Å². The molecule has 1 atom stereocenters. The fourth-order valence-electron chi connectivity index (χ4n) is 5.35. The van der Waals surface area contributed by atoms with Gasteiger partial charge in [-0.25, -0.2) is 8.42 Å². The average Bonchev–Trinajstić information content (AvgIpc) is 3.10. The molecule has 5 aromatic carbocycles. The molecule has 0 aliphatic heterocycles. The number of carbonyl (C=O) groups excluding carboxylic acids is 2. The maximum Gasteiger partial charge on any atom is 0.264 e. The molecule has 0 saturated carbocycles. The predicted molar refractivity (Wildman–Crippen MR) is 196 cm³/mol. The molecule has 1 unspecified atom stereocenters. The molecule has 1 N–H and O–H groups in total. The first kappa shape index (κ1) is 35.4. The summed E-state index contributed by atoms with van der Waals surface area (Å²) >= 11 is 3.51. The number of sulfonamides is 1. The number of halogens is 1. The normalized spacial score (nSPS) is 11.7. The highest BCUT2D eigenvalue weighted by Gasteiger charge is 2.34. The summed E-state index contributed by atoms with van der Waals surface area (Å²) in [6.07, 6.45) is 0.239. The molecule has 0 aliphatic carbocycles. The third-order valence-corrected chi connectivity index (χ3v) is 10.1. The zero-order valence-corrected chi connectivity index (χ0v) is 29.7. The molecular weight excluding hydrogens is 702 g/mol. The first-order chi connectivity index (χ1) is 23.6. The minimum Gasteiger partial charge on any atom is -0.457 e. The first-order valence-corrected chi connectivity index (χ1v) is 18.2. The number of rotatable bonds is 14. The van der Waals surface area contributed by atoms with E-state index >= 15 is 0 Å². The molecule has 5 aromatic rings. The molecule has 0 aromatic heterocycles. The number of ether oxygens (including phenoxy) is 1. The number of amides is 2. The van der Waals surface area contributed by atoms with Gasteiger partial charge in [0.15, 0.2) is 0 Å². The van der Waals surface area contributed by atoms with Crippen LogP contribution in [-0.4, -0.2) is 44.3 Å². The number of nitrogens with one attached hydrogen (secondary N) is 1. The van der Waals surface area contributed by atoms with Gasteiger partial charge >= 0.3 is 0 Å². The molecule has 0 radical (unpaired) electrons. The van der Waals surface area contributed by atoms with Gasteiger partial charge in [-0.2, -0.15) is 0 Å². The molecule has 0 spiro atoms. The van der Waals surface area contributed by atoms with Crippen molar-refractivity contribution in [3.05, 3.63) is 155 Å². The predicted octanol–water partition coefficient (Wildman–Crippen LogP) is 7.52. The Balaban J connectivity index is 1.55. The highest BCUT2D eigenvalue weighted by atomic mass is 79.9. The van der Waals surface area contributed by atoms with Gasteiger partial charge in [-0.1, -0.05) is 94.3 Å². The number of hydrogen-bond donors (Lipinski definition) is 1. The van der Waals surface area contributed by atoms with Crippen LogP contribution in [0.2, 0.25) is 0 Å². The number of aryl methyl sites for hydroxylation is 1. The van der Waals surface area contributed by atoms with Crippen LogP contribution < -0.4 is 14.4 Å². The lowest BCUT2D eigenvalue weighted by atomic mass is 10.0. The van der Waals surface area contributed by atoms with Crippen LogP contribution in [0.5, 0.6) is 11.5 Å². The average molecular weight is 741 g/mol. The largest absolute Gasteiger partial charge is 0.457 e.